The molecule has 3 nitrogen and oxygen atoms in total. The largest absolute Gasteiger partial charge is 0.353 e. The number of hydrogen-bond acceptors (Lipinski definition) is 4. The third kappa shape index (κ3) is 3.21. The number of aromatic nitrogens is 2. The van der Waals surface area contributed by atoms with E-state index in [2.05, 4.69) is 53.4 Å². The molecule has 1 atom stereocenters. The van der Waals surface area contributed by atoms with Gasteiger partial charge in [-0.25, -0.2) is 4.98 Å². The molecule has 1 aliphatic rings. The second kappa shape index (κ2) is 7.53. The molecule has 1 fully saturated rings. The molecule has 1 saturated heterocycles. The van der Waals surface area contributed by atoms with E-state index in [-0.39, 0.29) is 0 Å². The topological polar surface area (TPSA) is 29.0 Å². The molecular formula is C21H24ClN3S. The summed E-state index contributed by atoms with van der Waals surface area (Å²) < 4.78 is 0. The zero-order valence-corrected chi connectivity index (χ0v) is 16.9. The van der Waals surface area contributed by atoms with E-state index in [0.29, 0.717) is 11.3 Å². The van der Waals surface area contributed by atoms with Crippen LogP contribution in [0.25, 0.3) is 21.3 Å². The number of halogens is 1. The van der Waals surface area contributed by atoms with Gasteiger partial charge in [0.1, 0.15) is 10.6 Å². The van der Waals surface area contributed by atoms with Crippen molar-refractivity contribution in [3.05, 3.63) is 40.5 Å². The molecule has 0 radical (unpaired) electrons. The Morgan fingerprint density at radius 2 is 1.96 bits per heavy atom. The molecule has 0 N–H and O–H groups in total. The molecule has 3 aromatic rings. The highest BCUT2D eigenvalue weighted by Gasteiger charge is 2.26. The summed E-state index contributed by atoms with van der Waals surface area (Å²) in [6, 6.07) is 9.39. The first-order chi connectivity index (χ1) is 12.7. The van der Waals surface area contributed by atoms with Crippen LogP contribution in [0.5, 0.6) is 0 Å². The molecule has 1 aromatic carbocycles. The molecule has 4 rings (SSSR count). The quantitative estimate of drug-likeness (QED) is 0.490. The fourth-order valence-electron chi connectivity index (χ4n) is 3.94. The highest BCUT2D eigenvalue weighted by molar-refractivity contribution is 7.17. The van der Waals surface area contributed by atoms with Crippen LogP contribution in [0.1, 0.15) is 45.1 Å². The Bertz CT molecular complexity index is 904. The van der Waals surface area contributed by atoms with Crippen LogP contribution in [0.4, 0.5) is 5.82 Å². The van der Waals surface area contributed by atoms with E-state index in [1.807, 2.05) is 0 Å². The Morgan fingerprint density at radius 1 is 1.15 bits per heavy atom. The van der Waals surface area contributed by atoms with Gasteiger partial charge in [-0.2, -0.15) is 4.98 Å². The van der Waals surface area contributed by atoms with Gasteiger partial charge in [-0.15, -0.1) is 11.3 Å². The molecule has 0 aliphatic carbocycles. The summed E-state index contributed by atoms with van der Waals surface area (Å²) in [6.07, 6.45) is 5.93. The van der Waals surface area contributed by atoms with E-state index >= 15 is 0 Å². The molecule has 0 saturated carbocycles. The number of aryl methyl sites for hydroxylation is 1. The first-order valence-corrected chi connectivity index (χ1v) is 10.8. The maximum absolute atomic E-state index is 6.29. The Hall–Kier alpha value is -1.65. The zero-order chi connectivity index (χ0) is 18.1. The molecule has 136 valence electrons. The third-order valence-corrected chi connectivity index (χ3v) is 6.47. The molecule has 1 aliphatic heterocycles. The number of thiophene rings is 1. The Morgan fingerprint density at radius 3 is 2.69 bits per heavy atom. The van der Waals surface area contributed by atoms with Crippen molar-refractivity contribution in [1.29, 1.82) is 0 Å². The first-order valence-electron chi connectivity index (χ1n) is 9.52. The first kappa shape index (κ1) is 17.7. The maximum Gasteiger partial charge on any atom is 0.225 e. The van der Waals surface area contributed by atoms with E-state index in [9.17, 15) is 0 Å². The van der Waals surface area contributed by atoms with Crippen molar-refractivity contribution in [2.45, 2.75) is 52.0 Å². The van der Waals surface area contributed by atoms with Gasteiger partial charge >= 0.3 is 0 Å². The van der Waals surface area contributed by atoms with E-state index in [1.165, 1.54) is 36.0 Å². The van der Waals surface area contributed by atoms with Gasteiger partial charge in [0, 0.05) is 23.5 Å². The van der Waals surface area contributed by atoms with Gasteiger partial charge in [0.05, 0.1) is 5.39 Å². The van der Waals surface area contributed by atoms with E-state index in [0.717, 1.165) is 35.4 Å². The van der Waals surface area contributed by atoms with Crippen molar-refractivity contribution < 1.29 is 0 Å². The average Bonchev–Trinajstić information content (AvgIpc) is 3.11. The van der Waals surface area contributed by atoms with Crippen molar-refractivity contribution >= 4 is 39.0 Å². The van der Waals surface area contributed by atoms with Crippen molar-refractivity contribution in [3.8, 4) is 11.1 Å². The number of hydrogen-bond donors (Lipinski definition) is 0. The number of fused-ring (bicyclic) bond motifs is 1. The Balaban J connectivity index is 1.87. The lowest BCUT2D eigenvalue weighted by Crippen LogP contribution is -2.39. The number of piperidine rings is 1. The van der Waals surface area contributed by atoms with Crippen molar-refractivity contribution in [1.82, 2.24) is 9.97 Å². The third-order valence-electron chi connectivity index (χ3n) is 5.43. The smallest absolute Gasteiger partial charge is 0.225 e. The van der Waals surface area contributed by atoms with Gasteiger partial charge in [0.2, 0.25) is 5.28 Å². The Kier molecular flexibility index (Phi) is 5.14. The summed E-state index contributed by atoms with van der Waals surface area (Å²) in [5, 5.41) is 3.71. The average molecular weight is 386 g/mol. The van der Waals surface area contributed by atoms with Gasteiger partial charge in [0.15, 0.2) is 0 Å². The summed E-state index contributed by atoms with van der Waals surface area (Å²) in [4.78, 5) is 12.7. The molecule has 0 spiro atoms. The molecule has 1 unspecified atom stereocenters. The lowest BCUT2D eigenvalue weighted by molar-refractivity contribution is 0.448. The number of benzene rings is 1. The zero-order valence-electron chi connectivity index (χ0n) is 15.3. The summed E-state index contributed by atoms with van der Waals surface area (Å²) >= 11 is 7.94. The molecule has 2 aromatic heterocycles. The number of rotatable bonds is 4. The van der Waals surface area contributed by atoms with Gasteiger partial charge < -0.3 is 4.90 Å². The van der Waals surface area contributed by atoms with Crippen molar-refractivity contribution in [3.63, 3.8) is 0 Å². The van der Waals surface area contributed by atoms with Crippen LogP contribution in [0, 0.1) is 0 Å². The second-order valence-electron chi connectivity index (χ2n) is 6.95. The van der Waals surface area contributed by atoms with Crippen LogP contribution < -0.4 is 4.90 Å². The maximum atomic E-state index is 6.29. The molecule has 5 heteroatoms. The minimum Gasteiger partial charge on any atom is -0.353 e. The molecule has 0 bridgehead atoms. The fourth-order valence-corrected chi connectivity index (χ4v) is 5.10. The summed E-state index contributed by atoms with van der Waals surface area (Å²) in [7, 11) is 0. The van der Waals surface area contributed by atoms with Gasteiger partial charge in [-0.3, -0.25) is 0 Å². The lowest BCUT2D eigenvalue weighted by atomic mass is 9.98. The molecule has 26 heavy (non-hydrogen) atoms. The summed E-state index contributed by atoms with van der Waals surface area (Å²) in [6.45, 7) is 5.50. The van der Waals surface area contributed by atoms with Crippen LogP contribution in [-0.2, 0) is 6.42 Å². The van der Waals surface area contributed by atoms with Crippen LogP contribution in [0.2, 0.25) is 5.28 Å². The van der Waals surface area contributed by atoms with Crippen molar-refractivity contribution in [2.24, 2.45) is 0 Å². The van der Waals surface area contributed by atoms with Gasteiger partial charge in [-0.05, 0) is 54.8 Å². The van der Waals surface area contributed by atoms with Gasteiger partial charge in [-0.1, -0.05) is 38.1 Å². The van der Waals surface area contributed by atoms with E-state index < -0.39 is 0 Å². The highest BCUT2D eigenvalue weighted by atomic mass is 35.5. The Labute approximate surface area is 164 Å². The second-order valence-corrected chi connectivity index (χ2v) is 8.14. The fraction of sp³-hybridized carbons (Fsp3) is 0.429. The number of anilines is 1. The van der Waals surface area contributed by atoms with E-state index in [1.54, 1.807) is 11.3 Å². The van der Waals surface area contributed by atoms with Crippen molar-refractivity contribution in [2.75, 3.05) is 11.4 Å². The molecule has 3 heterocycles. The summed E-state index contributed by atoms with van der Waals surface area (Å²) in [5.74, 6) is 1.02. The van der Waals surface area contributed by atoms with Crippen LogP contribution in [-0.4, -0.2) is 22.6 Å². The molecular weight excluding hydrogens is 362 g/mol. The van der Waals surface area contributed by atoms with Crippen LogP contribution in [0.15, 0.2) is 29.6 Å². The van der Waals surface area contributed by atoms with Crippen LogP contribution in [0.3, 0.4) is 0 Å². The standard InChI is InChI=1S/C21H24ClN3S/c1-3-14-8-10-15(11-9-14)17-13-26-20-18(17)19(23-21(22)24-20)25-12-6-5-7-16(25)4-2/h8-11,13,16H,3-7,12H2,1-2H3. The monoisotopic (exact) mass is 385 g/mol. The normalized spacial score (nSPS) is 17.8. The SMILES string of the molecule is CCc1ccc(-c2csc3nc(Cl)nc(N4CCCCC4CC)c23)cc1. The minimum atomic E-state index is 0.350. The minimum absolute atomic E-state index is 0.350. The summed E-state index contributed by atoms with van der Waals surface area (Å²) in [5.41, 5.74) is 3.81. The predicted molar refractivity (Wildman–Crippen MR) is 113 cm³/mol. The predicted octanol–water partition coefficient (Wildman–Crippen LogP) is 6.34. The highest BCUT2D eigenvalue weighted by Crippen LogP contribution is 2.40. The van der Waals surface area contributed by atoms with Gasteiger partial charge in [0.25, 0.3) is 0 Å². The van der Waals surface area contributed by atoms with Crippen LogP contribution >= 0.6 is 22.9 Å². The molecule has 0 amide bonds. The van der Waals surface area contributed by atoms with E-state index in [4.69, 9.17) is 16.6 Å². The lowest BCUT2D eigenvalue weighted by Gasteiger charge is -2.36. The number of nitrogens with zero attached hydrogens (tertiary/aromatic N) is 3.